The van der Waals surface area contributed by atoms with Gasteiger partial charge in [0.1, 0.15) is 5.52 Å². The SMILES string of the molecule is CCCSc1nc(N2CCN(Cc3ccccc3)CC2)c2nc(Nc3ccccc3)sc2n1. The molecule has 0 atom stereocenters. The molecular formula is C25H28N6S2. The van der Waals surface area contributed by atoms with Crippen LogP contribution in [0.25, 0.3) is 10.3 Å². The lowest BCUT2D eigenvalue weighted by Gasteiger charge is -2.35. The van der Waals surface area contributed by atoms with Crippen molar-refractivity contribution in [2.75, 3.05) is 42.1 Å². The van der Waals surface area contributed by atoms with Crippen LogP contribution in [0, 0.1) is 0 Å². The average Bonchev–Trinajstić information content (AvgIpc) is 3.26. The molecule has 0 bridgehead atoms. The van der Waals surface area contributed by atoms with Crippen LogP contribution < -0.4 is 10.2 Å². The van der Waals surface area contributed by atoms with Crippen molar-refractivity contribution >= 4 is 50.1 Å². The van der Waals surface area contributed by atoms with Crippen molar-refractivity contribution in [2.45, 2.75) is 25.0 Å². The molecule has 0 unspecified atom stereocenters. The summed E-state index contributed by atoms with van der Waals surface area (Å²) in [6, 6.07) is 20.9. The molecule has 5 rings (SSSR count). The standard InChI is InChI=1S/C25H28N6S2/c1-2-17-32-24-28-22(31-15-13-30(14-16-31)18-19-9-5-3-6-10-19)21-23(29-24)33-25(27-21)26-20-11-7-4-8-12-20/h3-12H,2,13-18H2,1H3,(H,26,27). The maximum absolute atomic E-state index is 4.97. The number of anilines is 3. The number of para-hydroxylation sites is 1. The van der Waals surface area contributed by atoms with Crippen LogP contribution in [0.1, 0.15) is 18.9 Å². The summed E-state index contributed by atoms with van der Waals surface area (Å²) in [5, 5.41) is 5.13. The lowest BCUT2D eigenvalue weighted by Crippen LogP contribution is -2.46. The van der Waals surface area contributed by atoms with Gasteiger partial charge in [-0.1, -0.05) is 78.6 Å². The highest BCUT2D eigenvalue weighted by Gasteiger charge is 2.23. The molecule has 0 spiro atoms. The highest BCUT2D eigenvalue weighted by molar-refractivity contribution is 7.99. The van der Waals surface area contributed by atoms with Crippen molar-refractivity contribution in [1.82, 2.24) is 19.9 Å². The monoisotopic (exact) mass is 476 g/mol. The van der Waals surface area contributed by atoms with E-state index in [1.165, 1.54) is 5.56 Å². The third-order valence-electron chi connectivity index (χ3n) is 5.60. The van der Waals surface area contributed by atoms with Gasteiger partial charge >= 0.3 is 0 Å². The van der Waals surface area contributed by atoms with Crippen LogP contribution >= 0.6 is 23.1 Å². The number of nitrogens with zero attached hydrogens (tertiary/aromatic N) is 5. The molecule has 8 heteroatoms. The second kappa shape index (κ2) is 10.5. The summed E-state index contributed by atoms with van der Waals surface area (Å²) >= 11 is 3.32. The largest absolute Gasteiger partial charge is 0.352 e. The molecule has 3 heterocycles. The van der Waals surface area contributed by atoms with Gasteiger partial charge in [0, 0.05) is 44.2 Å². The Kier molecular flexibility index (Phi) is 7.04. The Morgan fingerprint density at radius 1 is 0.909 bits per heavy atom. The van der Waals surface area contributed by atoms with Gasteiger partial charge in [0.25, 0.3) is 0 Å². The summed E-state index contributed by atoms with van der Waals surface area (Å²) in [4.78, 5) is 20.6. The third kappa shape index (κ3) is 5.46. The number of nitrogens with one attached hydrogen (secondary N) is 1. The van der Waals surface area contributed by atoms with Crippen molar-refractivity contribution in [3.8, 4) is 0 Å². The molecule has 2 aromatic heterocycles. The van der Waals surface area contributed by atoms with Crippen LogP contribution in [0.5, 0.6) is 0 Å². The summed E-state index contributed by atoms with van der Waals surface area (Å²) < 4.78 is 0. The van der Waals surface area contributed by atoms with Gasteiger partial charge in [-0.25, -0.2) is 15.0 Å². The van der Waals surface area contributed by atoms with E-state index in [-0.39, 0.29) is 0 Å². The van der Waals surface area contributed by atoms with Gasteiger partial charge < -0.3 is 10.2 Å². The quantitative estimate of drug-likeness (QED) is 0.260. The van der Waals surface area contributed by atoms with E-state index in [2.05, 4.69) is 52.4 Å². The van der Waals surface area contributed by atoms with Gasteiger partial charge in [0.15, 0.2) is 20.9 Å². The predicted octanol–water partition coefficient (Wildman–Crippen LogP) is 5.65. The zero-order chi connectivity index (χ0) is 22.5. The second-order valence-electron chi connectivity index (χ2n) is 8.09. The highest BCUT2D eigenvalue weighted by Crippen LogP contribution is 2.34. The molecule has 1 aliphatic heterocycles. The van der Waals surface area contributed by atoms with Gasteiger partial charge in [-0.3, -0.25) is 4.90 Å². The minimum Gasteiger partial charge on any atom is -0.352 e. The molecule has 4 aromatic rings. The molecule has 1 N–H and O–H groups in total. The minimum atomic E-state index is 0.848. The first-order chi connectivity index (χ1) is 16.3. The zero-order valence-electron chi connectivity index (χ0n) is 18.8. The Morgan fingerprint density at radius 2 is 1.64 bits per heavy atom. The van der Waals surface area contributed by atoms with Gasteiger partial charge in [0.05, 0.1) is 0 Å². The number of thiazole rings is 1. The molecule has 0 amide bonds. The second-order valence-corrected chi connectivity index (χ2v) is 10.1. The normalized spacial score (nSPS) is 14.6. The Bertz CT molecular complexity index is 1170. The van der Waals surface area contributed by atoms with Crippen LogP contribution in [0.4, 0.5) is 16.6 Å². The average molecular weight is 477 g/mol. The molecule has 1 saturated heterocycles. The maximum atomic E-state index is 4.97. The smallest absolute Gasteiger partial charge is 0.191 e. The molecule has 170 valence electrons. The number of hydrogen-bond donors (Lipinski definition) is 1. The molecule has 33 heavy (non-hydrogen) atoms. The van der Waals surface area contributed by atoms with E-state index in [0.29, 0.717) is 0 Å². The van der Waals surface area contributed by atoms with Gasteiger partial charge in [-0.15, -0.1) is 0 Å². The fraction of sp³-hybridized carbons (Fsp3) is 0.320. The minimum absolute atomic E-state index is 0.848. The summed E-state index contributed by atoms with van der Waals surface area (Å²) in [7, 11) is 0. The van der Waals surface area contributed by atoms with E-state index >= 15 is 0 Å². The fourth-order valence-electron chi connectivity index (χ4n) is 3.93. The third-order valence-corrected chi connectivity index (χ3v) is 7.52. The van der Waals surface area contributed by atoms with Crippen LogP contribution in [0.2, 0.25) is 0 Å². The molecule has 1 fully saturated rings. The topological polar surface area (TPSA) is 57.2 Å². The van der Waals surface area contributed by atoms with Crippen LogP contribution in [-0.4, -0.2) is 51.8 Å². The van der Waals surface area contributed by atoms with Gasteiger partial charge in [0.2, 0.25) is 0 Å². The summed E-state index contributed by atoms with van der Waals surface area (Å²) in [6.45, 7) is 7.08. The molecule has 6 nitrogen and oxygen atoms in total. The first kappa shape index (κ1) is 22.1. The molecular weight excluding hydrogens is 448 g/mol. The number of rotatable bonds is 8. The lowest BCUT2D eigenvalue weighted by atomic mass is 10.2. The Balaban J connectivity index is 1.37. The van der Waals surface area contributed by atoms with Gasteiger partial charge in [-0.05, 0) is 24.1 Å². The van der Waals surface area contributed by atoms with Crippen molar-refractivity contribution in [1.29, 1.82) is 0 Å². The molecule has 0 saturated carbocycles. The van der Waals surface area contributed by atoms with E-state index in [4.69, 9.17) is 15.0 Å². The first-order valence-electron chi connectivity index (χ1n) is 11.4. The van der Waals surface area contributed by atoms with Crippen molar-refractivity contribution in [3.63, 3.8) is 0 Å². The van der Waals surface area contributed by atoms with Crippen molar-refractivity contribution in [2.24, 2.45) is 0 Å². The molecule has 2 aromatic carbocycles. The first-order valence-corrected chi connectivity index (χ1v) is 13.2. The molecule has 1 aliphatic rings. The Labute approximate surface area is 203 Å². The van der Waals surface area contributed by atoms with Crippen LogP contribution in [0.15, 0.2) is 65.8 Å². The zero-order valence-corrected chi connectivity index (χ0v) is 20.4. The van der Waals surface area contributed by atoms with Crippen molar-refractivity contribution in [3.05, 3.63) is 66.2 Å². The number of piperazine rings is 1. The number of benzene rings is 2. The molecule has 0 aliphatic carbocycles. The van der Waals surface area contributed by atoms with E-state index < -0.39 is 0 Å². The number of hydrogen-bond acceptors (Lipinski definition) is 8. The summed E-state index contributed by atoms with van der Waals surface area (Å²) in [6.07, 6.45) is 1.10. The van der Waals surface area contributed by atoms with Crippen molar-refractivity contribution < 1.29 is 0 Å². The van der Waals surface area contributed by atoms with E-state index in [9.17, 15) is 0 Å². The summed E-state index contributed by atoms with van der Waals surface area (Å²) in [5.41, 5.74) is 3.29. The van der Waals surface area contributed by atoms with E-state index in [0.717, 1.165) is 77.0 Å². The van der Waals surface area contributed by atoms with E-state index in [1.54, 1.807) is 23.1 Å². The predicted molar refractivity (Wildman–Crippen MR) is 140 cm³/mol. The Morgan fingerprint density at radius 3 is 2.36 bits per heavy atom. The highest BCUT2D eigenvalue weighted by atomic mass is 32.2. The fourth-order valence-corrected chi connectivity index (χ4v) is 5.53. The summed E-state index contributed by atoms with van der Waals surface area (Å²) in [5.74, 6) is 1.99. The number of aromatic nitrogens is 3. The number of fused-ring (bicyclic) bond motifs is 1. The van der Waals surface area contributed by atoms with Gasteiger partial charge in [-0.2, -0.15) is 0 Å². The molecule has 0 radical (unpaired) electrons. The van der Waals surface area contributed by atoms with Crippen LogP contribution in [-0.2, 0) is 6.54 Å². The Hall–Kier alpha value is -2.68. The van der Waals surface area contributed by atoms with Crippen LogP contribution in [0.3, 0.4) is 0 Å². The number of thioether (sulfide) groups is 1. The lowest BCUT2D eigenvalue weighted by molar-refractivity contribution is 0.249. The van der Waals surface area contributed by atoms with E-state index in [1.807, 2.05) is 30.3 Å². The maximum Gasteiger partial charge on any atom is 0.191 e.